The van der Waals surface area contributed by atoms with Crippen molar-refractivity contribution in [2.75, 3.05) is 5.73 Å². The van der Waals surface area contributed by atoms with E-state index in [0.717, 1.165) is 4.90 Å². The molecule has 0 fully saturated rings. The summed E-state index contributed by atoms with van der Waals surface area (Å²) in [5, 5.41) is 8.12. The molecule has 0 amide bonds. The molecule has 2 rings (SSSR count). The molecule has 0 spiro atoms. The molecule has 5 heteroatoms. The van der Waals surface area contributed by atoms with Crippen LogP contribution in [0.5, 0.6) is 0 Å². The molecule has 1 heterocycles. The van der Waals surface area contributed by atoms with Crippen LogP contribution in [0.25, 0.3) is 0 Å². The minimum absolute atomic E-state index is 0.514. The van der Waals surface area contributed by atoms with Gasteiger partial charge in [-0.1, -0.05) is 12.1 Å². The molecule has 1 aromatic carbocycles. The lowest BCUT2D eigenvalue weighted by molar-refractivity contribution is 0.429. The molecule has 0 saturated heterocycles. The Morgan fingerprint density at radius 1 is 1.29 bits per heavy atom. The van der Waals surface area contributed by atoms with Crippen molar-refractivity contribution in [3.05, 3.63) is 30.2 Å². The van der Waals surface area contributed by atoms with E-state index in [4.69, 9.17) is 10.2 Å². The Hall–Kier alpha value is -1.49. The van der Waals surface area contributed by atoms with Crippen molar-refractivity contribution in [3.8, 4) is 0 Å². The van der Waals surface area contributed by atoms with E-state index in [2.05, 4.69) is 10.2 Å². The molecule has 0 aliphatic heterocycles. The third kappa shape index (κ3) is 1.88. The lowest BCUT2D eigenvalue weighted by Gasteiger charge is -1.99. The average Bonchev–Trinajstić information content (AvgIpc) is 2.56. The summed E-state index contributed by atoms with van der Waals surface area (Å²) in [5.41, 5.74) is 6.48. The Morgan fingerprint density at radius 3 is 2.71 bits per heavy atom. The normalized spacial score (nSPS) is 10.4. The third-order valence-corrected chi connectivity index (χ3v) is 2.56. The lowest BCUT2D eigenvalue weighted by atomic mass is 10.3. The summed E-state index contributed by atoms with van der Waals surface area (Å²) in [6.07, 6.45) is 0. The first-order valence-corrected chi connectivity index (χ1v) is 4.90. The predicted molar refractivity (Wildman–Crippen MR) is 54.0 cm³/mol. The summed E-state index contributed by atoms with van der Waals surface area (Å²) in [5.74, 6) is 0.557. The van der Waals surface area contributed by atoms with Crippen LogP contribution in [0, 0.1) is 6.92 Å². The first-order valence-electron chi connectivity index (χ1n) is 4.08. The van der Waals surface area contributed by atoms with Crippen LogP contribution in [-0.4, -0.2) is 10.2 Å². The molecule has 4 nitrogen and oxygen atoms in total. The number of nitrogen functional groups attached to an aromatic ring is 1. The van der Waals surface area contributed by atoms with Crippen LogP contribution in [0.2, 0.25) is 0 Å². The zero-order chi connectivity index (χ0) is 9.97. The summed E-state index contributed by atoms with van der Waals surface area (Å²) in [6, 6.07) is 7.56. The molecule has 0 aliphatic rings. The van der Waals surface area contributed by atoms with Gasteiger partial charge >= 0.3 is 0 Å². The number of nitrogens with two attached hydrogens (primary N) is 1. The maximum absolute atomic E-state index is 5.76. The van der Waals surface area contributed by atoms with E-state index in [1.807, 2.05) is 24.3 Å². The maximum Gasteiger partial charge on any atom is 0.281 e. The molecule has 2 aromatic rings. The van der Waals surface area contributed by atoms with E-state index < -0.39 is 0 Å². The summed E-state index contributed by atoms with van der Waals surface area (Å²) >= 11 is 1.37. The summed E-state index contributed by atoms with van der Waals surface area (Å²) in [7, 11) is 0. The van der Waals surface area contributed by atoms with E-state index in [9.17, 15) is 0 Å². The van der Waals surface area contributed by atoms with E-state index in [1.54, 1.807) is 6.92 Å². The molecule has 0 bridgehead atoms. The Labute approximate surface area is 85.5 Å². The van der Waals surface area contributed by atoms with Gasteiger partial charge in [-0.25, -0.2) is 0 Å². The van der Waals surface area contributed by atoms with Gasteiger partial charge in [0.1, 0.15) is 0 Å². The quantitative estimate of drug-likeness (QED) is 0.764. The van der Waals surface area contributed by atoms with E-state index in [-0.39, 0.29) is 0 Å². The minimum atomic E-state index is 0.514. The second-order valence-corrected chi connectivity index (χ2v) is 3.72. The number of hydrogen-bond acceptors (Lipinski definition) is 5. The predicted octanol–water partition coefficient (Wildman–Crippen LogP) is 2.11. The van der Waals surface area contributed by atoms with Gasteiger partial charge in [-0.05, 0) is 23.9 Å². The standard InChI is InChI=1S/C9H9N3OS/c1-6-11-12-9(13-6)14-8-5-3-2-4-7(8)10/h2-5H,10H2,1H3. The molecule has 0 saturated carbocycles. The van der Waals surface area contributed by atoms with Gasteiger partial charge < -0.3 is 10.2 Å². The first-order chi connectivity index (χ1) is 6.75. The second-order valence-electron chi connectivity index (χ2n) is 2.73. The van der Waals surface area contributed by atoms with Gasteiger partial charge in [0.05, 0.1) is 0 Å². The van der Waals surface area contributed by atoms with E-state index in [1.165, 1.54) is 11.8 Å². The van der Waals surface area contributed by atoms with Crippen molar-refractivity contribution in [1.82, 2.24) is 10.2 Å². The van der Waals surface area contributed by atoms with Crippen LogP contribution >= 0.6 is 11.8 Å². The Kier molecular flexibility index (Phi) is 2.41. The number of hydrogen-bond donors (Lipinski definition) is 1. The van der Waals surface area contributed by atoms with E-state index >= 15 is 0 Å². The average molecular weight is 207 g/mol. The van der Waals surface area contributed by atoms with Crippen LogP contribution in [0.3, 0.4) is 0 Å². The van der Waals surface area contributed by atoms with Crippen molar-refractivity contribution in [2.24, 2.45) is 0 Å². The molecule has 2 N–H and O–H groups in total. The summed E-state index contributed by atoms with van der Waals surface area (Å²) in [6.45, 7) is 1.76. The van der Waals surface area contributed by atoms with Crippen molar-refractivity contribution in [2.45, 2.75) is 17.0 Å². The van der Waals surface area contributed by atoms with Gasteiger partial charge in [-0.2, -0.15) is 0 Å². The number of benzene rings is 1. The Bertz CT molecular complexity index is 441. The molecular weight excluding hydrogens is 198 g/mol. The molecule has 72 valence electrons. The SMILES string of the molecule is Cc1nnc(Sc2ccccc2N)o1. The molecule has 0 aliphatic carbocycles. The van der Waals surface area contributed by atoms with Crippen LogP contribution in [-0.2, 0) is 0 Å². The highest BCUT2D eigenvalue weighted by Crippen LogP contribution is 2.30. The highest BCUT2D eigenvalue weighted by atomic mass is 32.2. The second kappa shape index (κ2) is 3.71. The minimum Gasteiger partial charge on any atom is -0.416 e. The largest absolute Gasteiger partial charge is 0.416 e. The molecule has 0 atom stereocenters. The monoisotopic (exact) mass is 207 g/mol. The number of aryl methyl sites for hydroxylation is 1. The number of para-hydroxylation sites is 1. The van der Waals surface area contributed by atoms with Crippen molar-refractivity contribution in [1.29, 1.82) is 0 Å². The number of rotatable bonds is 2. The van der Waals surface area contributed by atoms with Gasteiger partial charge in [-0.3, -0.25) is 0 Å². The summed E-state index contributed by atoms with van der Waals surface area (Å²) in [4.78, 5) is 0.927. The smallest absolute Gasteiger partial charge is 0.281 e. The van der Waals surface area contributed by atoms with Gasteiger partial charge in [-0.15, -0.1) is 10.2 Å². The number of anilines is 1. The van der Waals surface area contributed by atoms with Crippen LogP contribution in [0.15, 0.2) is 38.8 Å². The first kappa shape index (κ1) is 9.08. The zero-order valence-electron chi connectivity index (χ0n) is 7.60. The Balaban J connectivity index is 2.23. The fourth-order valence-electron chi connectivity index (χ4n) is 0.987. The highest BCUT2D eigenvalue weighted by Gasteiger charge is 2.06. The molecular formula is C9H9N3OS. The molecule has 1 aromatic heterocycles. The molecule has 0 unspecified atom stereocenters. The lowest BCUT2D eigenvalue weighted by Crippen LogP contribution is -1.86. The van der Waals surface area contributed by atoms with Crippen molar-refractivity contribution in [3.63, 3.8) is 0 Å². The topological polar surface area (TPSA) is 64.9 Å². The third-order valence-electron chi connectivity index (χ3n) is 1.62. The molecule has 0 radical (unpaired) electrons. The molecule has 14 heavy (non-hydrogen) atoms. The van der Waals surface area contributed by atoms with Gasteiger partial charge in [0.2, 0.25) is 5.89 Å². The Morgan fingerprint density at radius 2 is 2.07 bits per heavy atom. The fraction of sp³-hybridized carbons (Fsp3) is 0.111. The number of nitrogens with zero attached hydrogens (tertiary/aromatic N) is 2. The number of aromatic nitrogens is 2. The maximum atomic E-state index is 5.76. The summed E-state index contributed by atoms with van der Waals surface area (Å²) < 4.78 is 5.23. The van der Waals surface area contributed by atoms with Crippen molar-refractivity contribution >= 4 is 17.4 Å². The van der Waals surface area contributed by atoms with Crippen molar-refractivity contribution < 1.29 is 4.42 Å². The van der Waals surface area contributed by atoms with Gasteiger partial charge in [0.25, 0.3) is 5.22 Å². The van der Waals surface area contributed by atoms with E-state index in [0.29, 0.717) is 16.8 Å². The zero-order valence-corrected chi connectivity index (χ0v) is 8.41. The van der Waals surface area contributed by atoms with Gasteiger partial charge in [0, 0.05) is 17.5 Å². The fourth-order valence-corrected chi connectivity index (χ4v) is 1.75. The van der Waals surface area contributed by atoms with Crippen LogP contribution in [0.4, 0.5) is 5.69 Å². The van der Waals surface area contributed by atoms with Gasteiger partial charge in [0.15, 0.2) is 0 Å². The van der Waals surface area contributed by atoms with Crippen LogP contribution in [0.1, 0.15) is 5.89 Å². The van der Waals surface area contributed by atoms with Crippen LogP contribution < -0.4 is 5.73 Å². The highest BCUT2D eigenvalue weighted by molar-refractivity contribution is 7.99.